The maximum Gasteiger partial charge on any atom is 0.167 e. The Morgan fingerprint density at radius 1 is 1.29 bits per heavy atom. The Hall–Kier alpha value is -1.63. The van der Waals surface area contributed by atoms with Crippen molar-refractivity contribution in [3.63, 3.8) is 0 Å². The molecule has 0 spiro atoms. The molecule has 0 aliphatic heterocycles. The van der Waals surface area contributed by atoms with Crippen LogP contribution in [0.25, 0.3) is 5.57 Å². The number of hydrogen-bond donors (Lipinski definition) is 0. The van der Waals surface area contributed by atoms with Gasteiger partial charge in [0.05, 0.1) is 0 Å². The van der Waals surface area contributed by atoms with Gasteiger partial charge in [-0.2, -0.15) is 0 Å². The second-order valence-electron chi connectivity index (χ2n) is 4.89. The van der Waals surface area contributed by atoms with E-state index in [1.807, 2.05) is 18.2 Å². The molecule has 1 heteroatoms. The molecule has 86 valence electrons. The zero-order valence-electron chi connectivity index (χ0n) is 9.91. The quantitative estimate of drug-likeness (QED) is 0.526. The van der Waals surface area contributed by atoms with Gasteiger partial charge in [-0.25, -0.2) is 0 Å². The summed E-state index contributed by atoms with van der Waals surface area (Å²) in [6, 6.07) is 8.19. The third-order valence-corrected chi connectivity index (χ3v) is 3.93. The predicted octanol–water partition coefficient (Wildman–Crippen LogP) is 3.55. The minimum atomic E-state index is 0.301. The molecule has 1 fully saturated rings. The normalized spacial score (nSPS) is 27.3. The molecule has 1 aromatic carbocycles. The van der Waals surface area contributed by atoms with Gasteiger partial charge in [-0.05, 0) is 36.3 Å². The van der Waals surface area contributed by atoms with Crippen LogP contribution in [0.2, 0.25) is 0 Å². The Kier molecular flexibility index (Phi) is 2.47. The molecular weight excluding hydrogens is 208 g/mol. The molecule has 1 atom stereocenters. The largest absolute Gasteiger partial charge is 0.294 e. The van der Waals surface area contributed by atoms with Gasteiger partial charge in [0.15, 0.2) is 5.78 Å². The van der Waals surface area contributed by atoms with Crippen molar-refractivity contribution in [3.05, 3.63) is 53.6 Å². The van der Waals surface area contributed by atoms with E-state index in [0.717, 1.165) is 18.4 Å². The van der Waals surface area contributed by atoms with Crippen molar-refractivity contribution in [1.82, 2.24) is 0 Å². The highest BCUT2D eigenvalue weighted by Gasteiger charge is 2.31. The van der Waals surface area contributed by atoms with E-state index in [9.17, 15) is 4.79 Å². The summed E-state index contributed by atoms with van der Waals surface area (Å²) in [7, 11) is 0. The zero-order valence-corrected chi connectivity index (χ0v) is 9.91. The Bertz CT molecular complexity index is 522. The fourth-order valence-corrected chi connectivity index (χ4v) is 3.12. The molecule has 0 radical (unpaired) electrons. The first kappa shape index (κ1) is 10.5. The maximum absolute atomic E-state index is 12.2. The van der Waals surface area contributed by atoms with E-state index in [2.05, 4.69) is 18.7 Å². The van der Waals surface area contributed by atoms with Crippen molar-refractivity contribution in [1.29, 1.82) is 0 Å². The fraction of sp³-hybridized carbons (Fsp3) is 0.312. The number of rotatable bonds is 1. The van der Waals surface area contributed by atoms with Gasteiger partial charge in [0.1, 0.15) is 0 Å². The number of allylic oxidation sites excluding steroid dienone is 3. The Morgan fingerprint density at radius 3 is 2.94 bits per heavy atom. The summed E-state index contributed by atoms with van der Waals surface area (Å²) in [6.07, 6.45) is 5.98. The minimum absolute atomic E-state index is 0.301. The molecule has 1 saturated carbocycles. The van der Waals surface area contributed by atoms with Crippen LogP contribution in [-0.2, 0) is 11.2 Å². The summed E-state index contributed by atoms with van der Waals surface area (Å²) in [6.45, 7) is 3.90. The van der Waals surface area contributed by atoms with Gasteiger partial charge >= 0.3 is 0 Å². The van der Waals surface area contributed by atoms with Gasteiger partial charge in [-0.3, -0.25) is 4.79 Å². The highest BCUT2D eigenvalue weighted by atomic mass is 16.1. The summed E-state index contributed by atoms with van der Waals surface area (Å²) < 4.78 is 0. The van der Waals surface area contributed by atoms with Crippen LogP contribution in [0.15, 0.2) is 42.5 Å². The van der Waals surface area contributed by atoms with Crippen LogP contribution in [0.3, 0.4) is 0 Å². The lowest BCUT2D eigenvalue weighted by molar-refractivity contribution is -0.112. The number of carbonyl (C=O) groups excluding carboxylic acids is 1. The van der Waals surface area contributed by atoms with Crippen molar-refractivity contribution in [3.8, 4) is 0 Å². The van der Waals surface area contributed by atoms with E-state index >= 15 is 0 Å². The summed E-state index contributed by atoms with van der Waals surface area (Å²) >= 11 is 0. The first-order valence-corrected chi connectivity index (χ1v) is 6.28. The highest BCUT2D eigenvalue weighted by molar-refractivity contribution is 6.26. The van der Waals surface area contributed by atoms with Crippen molar-refractivity contribution < 1.29 is 4.79 Å². The molecule has 0 saturated heterocycles. The SMILES string of the molecule is C=CC1CCC/C1=C1\C(=O)Cc2ccccc21. The first-order valence-electron chi connectivity index (χ1n) is 6.28. The van der Waals surface area contributed by atoms with Crippen LogP contribution < -0.4 is 0 Å². The lowest BCUT2D eigenvalue weighted by Gasteiger charge is -2.10. The van der Waals surface area contributed by atoms with Crippen LogP contribution in [0.1, 0.15) is 30.4 Å². The standard InChI is InChI=1S/C16H16O/c1-2-11-7-5-9-13(11)16-14-8-4-3-6-12(14)10-15(16)17/h2-4,6,8,11H,1,5,7,9-10H2/b16-13+. The average molecular weight is 224 g/mol. The monoisotopic (exact) mass is 224 g/mol. The van der Waals surface area contributed by atoms with Gasteiger partial charge in [-0.1, -0.05) is 35.9 Å². The number of hydrogen-bond acceptors (Lipinski definition) is 1. The molecule has 0 bridgehead atoms. The molecule has 0 amide bonds. The Balaban J connectivity index is 2.17. The molecular formula is C16H16O. The van der Waals surface area contributed by atoms with Gasteiger partial charge < -0.3 is 0 Å². The molecule has 0 N–H and O–H groups in total. The first-order chi connectivity index (χ1) is 8.31. The molecule has 2 aliphatic carbocycles. The van der Waals surface area contributed by atoms with E-state index in [-0.39, 0.29) is 0 Å². The molecule has 17 heavy (non-hydrogen) atoms. The van der Waals surface area contributed by atoms with Gasteiger partial charge in [0, 0.05) is 12.0 Å². The predicted molar refractivity (Wildman–Crippen MR) is 69.6 cm³/mol. The summed E-state index contributed by atoms with van der Waals surface area (Å²) in [5.41, 5.74) is 4.69. The summed E-state index contributed by atoms with van der Waals surface area (Å²) in [5, 5.41) is 0. The van der Waals surface area contributed by atoms with E-state index < -0.39 is 0 Å². The molecule has 2 aliphatic rings. The fourth-order valence-electron chi connectivity index (χ4n) is 3.12. The Morgan fingerprint density at radius 2 is 2.12 bits per heavy atom. The molecule has 0 aromatic heterocycles. The lowest BCUT2D eigenvalue weighted by atomic mass is 9.93. The van der Waals surface area contributed by atoms with E-state index in [1.54, 1.807) is 0 Å². The van der Waals surface area contributed by atoms with Crippen LogP contribution in [0, 0.1) is 5.92 Å². The van der Waals surface area contributed by atoms with Gasteiger partial charge in [0.25, 0.3) is 0 Å². The summed E-state index contributed by atoms with van der Waals surface area (Å²) in [4.78, 5) is 12.2. The van der Waals surface area contributed by atoms with Crippen molar-refractivity contribution in [2.24, 2.45) is 5.92 Å². The van der Waals surface area contributed by atoms with Gasteiger partial charge in [0.2, 0.25) is 0 Å². The average Bonchev–Trinajstić information content (AvgIpc) is 2.90. The number of ketones is 1. The van der Waals surface area contributed by atoms with Crippen molar-refractivity contribution in [2.75, 3.05) is 0 Å². The summed E-state index contributed by atoms with van der Waals surface area (Å²) in [5.74, 6) is 0.718. The van der Waals surface area contributed by atoms with Gasteiger partial charge in [-0.15, -0.1) is 6.58 Å². The van der Waals surface area contributed by atoms with E-state index in [4.69, 9.17) is 0 Å². The molecule has 3 rings (SSSR count). The van der Waals surface area contributed by atoms with Crippen LogP contribution >= 0.6 is 0 Å². The third kappa shape index (κ3) is 1.57. The van der Waals surface area contributed by atoms with E-state index in [1.165, 1.54) is 23.1 Å². The maximum atomic E-state index is 12.2. The van der Waals surface area contributed by atoms with E-state index in [0.29, 0.717) is 18.1 Å². The second-order valence-corrected chi connectivity index (χ2v) is 4.89. The Labute approximate surface area is 102 Å². The van der Waals surface area contributed by atoms with Crippen molar-refractivity contribution >= 4 is 11.4 Å². The van der Waals surface area contributed by atoms with Crippen LogP contribution in [-0.4, -0.2) is 5.78 Å². The highest BCUT2D eigenvalue weighted by Crippen LogP contribution is 2.41. The van der Waals surface area contributed by atoms with Crippen LogP contribution in [0.4, 0.5) is 0 Å². The number of Topliss-reactive ketones (excluding diaryl/α,β-unsaturated/α-hetero) is 1. The zero-order chi connectivity index (χ0) is 11.8. The lowest BCUT2D eigenvalue weighted by Crippen LogP contribution is -2.01. The van der Waals surface area contributed by atoms with Crippen LogP contribution in [0.5, 0.6) is 0 Å². The minimum Gasteiger partial charge on any atom is -0.294 e. The molecule has 1 nitrogen and oxygen atoms in total. The molecule has 1 aromatic rings. The smallest absolute Gasteiger partial charge is 0.167 e. The topological polar surface area (TPSA) is 17.1 Å². The molecule has 0 heterocycles. The third-order valence-electron chi connectivity index (χ3n) is 3.93. The number of fused-ring (bicyclic) bond motifs is 1. The number of carbonyl (C=O) groups is 1. The van der Waals surface area contributed by atoms with Crippen molar-refractivity contribution in [2.45, 2.75) is 25.7 Å². The number of benzene rings is 1. The second kappa shape index (κ2) is 3.99. The molecule has 1 unspecified atom stereocenters.